The maximum atomic E-state index is 12.0. The summed E-state index contributed by atoms with van der Waals surface area (Å²) >= 11 is 0. The lowest BCUT2D eigenvalue weighted by atomic mass is 9.91. The Morgan fingerprint density at radius 3 is 2.30 bits per heavy atom. The van der Waals surface area contributed by atoms with Crippen molar-refractivity contribution in [3.05, 3.63) is 47.0 Å². The Kier molecular flexibility index (Phi) is 9.18. The Hall–Kier alpha value is -3.55. The molecule has 0 fully saturated rings. The molecule has 1 aliphatic rings. The molecule has 0 aromatic heterocycles. The zero-order chi connectivity index (χ0) is 27.2. The summed E-state index contributed by atoms with van der Waals surface area (Å²) in [6.45, 7) is 6.06. The molecule has 1 atom stereocenters. The smallest absolute Gasteiger partial charge is 0.407 e. The molecule has 1 unspecified atom stereocenters. The first-order chi connectivity index (χ1) is 17.6. The maximum absolute atomic E-state index is 12.0. The van der Waals surface area contributed by atoms with Crippen LogP contribution in [-0.2, 0) is 11.2 Å². The molecule has 3 rings (SSSR count). The lowest BCUT2D eigenvalue weighted by Gasteiger charge is -2.20. The van der Waals surface area contributed by atoms with E-state index in [1.165, 1.54) is 7.11 Å². The van der Waals surface area contributed by atoms with Crippen LogP contribution in [0, 0.1) is 5.92 Å². The van der Waals surface area contributed by atoms with E-state index >= 15 is 0 Å². The van der Waals surface area contributed by atoms with Gasteiger partial charge in [0.05, 0.1) is 28.4 Å². The van der Waals surface area contributed by atoms with Crippen LogP contribution >= 0.6 is 0 Å². The number of phenolic OH excluding ortho intramolecular Hbond substituents is 1. The summed E-state index contributed by atoms with van der Waals surface area (Å²) in [6.07, 6.45) is 5.15. The molecule has 37 heavy (non-hydrogen) atoms. The van der Waals surface area contributed by atoms with Crippen LogP contribution in [0.5, 0.6) is 28.7 Å². The van der Waals surface area contributed by atoms with Crippen LogP contribution in [0.1, 0.15) is 56.7 Å². The van der Waals surface area contributed by atoms with E-state index in [9.17, 15) is 9.90 Å². The summed E-state index contributed by atoms with van der Waals surface area (Å²) in [5.41, 5.74) is 3.28. The number of phenols is 1. The molecule has 0 heterocycles. The number of ether oxygens (including phenoxy) is 5. The molecular formula is C29H39NO7. The van der Waals surface area contributed by atoms with E-state index < -0.39 is 11.7 Å². The fraction of sp³-hybridized carbons (Fsp3) is 0.483. The Morgan fingerprint density at radius 2 is 1.70 bits per heavy atom. The highest BCUT2D eigenvalue weighted by Crippen LogP contribution is 2.48. The van der Waals surface area contributed by atoms with Gasteiger partial charge in [-0.25, -0.2) is 4.79 Å². The van der Waals surface area contributed by atoms with Gasteiger partial charge in [0.2, 0.25) is 5.75 Å². The Morgan fingerprint density at radius 1 is 1.00 bits per heavy atom. The third kappa shape index (κ3) is 6.81. The van der Waals surface area contributed by atoms with Gasteiger partial charge in [0.1, 0.15) is 5.60 Å². The predicted octanol–water partition coefficient (Wildman–Crippen LogP) is 5.73. The molecule has 8 heteroatoms. The summed E-state index contributed by atoms with van der Waals surface area (Å²) in [6, 6.07) is 7.37. The van der Waals surface area contributed by atoms with Crippen molar-refractivity contribution in [2.24, 2.45) is 5.92 Å². The first-order valence-corrected chi connectivity index (χ1v) is 12.5. The number of aromatic hydroxyl groups is 1. The number of fused-ring (bicyclic) bond motifs is 1. The van der Waals surface area contributed by atoms with E-state index in [-0.39, 0.29) is 11.7 Å². The lowest BCUT2D eigenvalue weighted by molar-refractivity contribution is 0.0526. The van der Waals surface area contributed by atoms with Crippen molar-refractivity contribution in [2.75, 3.05) is 35.0 Å². The number of methoxy groups -OCH3 is 4. The van der Waals surface area contributed by atoms with Crippen molar-refractivity contribution in [2.45, 2.75) is 52.1 Å². The van der Waals surface area contributed by atoms with Gasteiger partial charge in [-0.15, -0.1) is 0 Å². The second kappa shape index (κ2) is 12.1. The Bertz CT molecular complexity index is 1130. The molecule has 0 aliphatic heterocycles. The number of rotatable bonds is 9. The van der Waals surface area contributed by atoms with Gasteiger partial charge in [-0.05, 0) is 87.3 Å². The second-order valence-corrected chi connectivity index (χ2v) is 10.0. The average molecular weight is 514 g/mol. The number of carbonyl (C=O) groups excluding carboxylic acids is 1. The van der Waals surface area contributed by atoms with E-state index in [0.29, 0.717) is 29.5 Å². The van der Waals surface area contributed by atoms with Gasteiger partial charge in [-0.3, -0.25) is 0 Å². The van der Waals surface area contributed by atoms with E-state index in [0.717, 1.165) is 47.9 Å². The molecule has 2 aromatic carbocycles. The maximum Gasteiger partial charge on any atom is 0.407 e. The van der Waals surface area contributed by atoms with E-state index in [2.05, 4.69) is 11.4 Å². The molecule has 0 bridgehead atoms. The number of amides is 1. The molecule has 202 valence electrons. The number of alkyl carbamates (subject to hydrolysis) is 1. The number of hydrogen-bond acceptors (Lipinski definition) is 7. The minimum Gasteiger partial charge on any atom is -0.504 e. The summed E-state index contributed by atoms with van der Waals surface area (Å²) in [4.78, 5) is 12.0. The van der Waals surface area contributed by atoms with Crippen molar-refractivity contribution in [3.63, 3.8) is 0 Å². The third-order valence-electron chi connectivity index (χ3n) is 6.30. The molecular weight excluding hydrogens is 474 g/mol. The van der Waals surface area contributed by atoms with Crippen LogP contribution < -0.4 is 24.3 Å². The summed E-state index contributed by atoms with van der Waals surface area (Å²) in [5, 5.41) is 13.4. The van der Waals surface area contributed by atoms with Crippen LogP contribution in [0.15, 0.2) is 30.3 Å². The number of nitrogens with one attached hydrogen (secondary N) is 1. The number of benzene rings is 2. The van der Waals surface area contributed by atoms with Crippen LogP contribution in [0.3, 0.4) is 0 Å². The molecule has 0 saturated carbocycles. The molecule has 1 amide bonds. The van der Waals surface area contributed by atoms with E-state index in [1.54, 1.807) is 33.5 Å². The van der Waals surface area contributed by atoms with Gasteiger partial charge >= 0.3 is 6.09 Å². The normalized spacial score (nSPS) is 15.1. The van der Waals surface area contributed by atoms with Crippen LogP contribution in [-0.4, -0.2) is 51.8 Å². The highest BCUT2D eigenvalue weighted by Gasteiger charge is 2.27. The van der Waals surface area contributed by atoms with Gasteiger partial charge in [0, 0.05) is 12.1 Å². The van der Waals surface area contributed by atoms with E-state index in [1.807, 2.05) is 32.9 Å². The Labute approximate surface area is 219 Å². The molecule has 0 saturated heterocycles. The fourth-order valence-electron chi connectivity index (χ4n) is 4.65. The van der Waals surface area contributed by atoms with Crippen molar-refractivity contribution in [1.29, 1.82) is 0 Å². The van der Waals surface area contributed by atoms with E-state index in [4.69, 9.17) is 23.7 Å². The van der Waals surface area contributed by atoms with Crippen molar-refractivity contribution >= 4 is 11.7 Å². The topological polar surface area (TPSA) is 95.5 Å². The predicted molar refractivity (Wildman–Crippen MR) is 143 cm³/mol. The lowest BCUT2D eigenvalue weighted by Crippen LogP contribution is -2.33. The van der Waals surface area contributed by atoms with Crippen LogP contribution in [0.25, 0.3) is 5.57 Å². The van der Waals surface area contributed by atoms with Crippen molar-refractivity contribution in [3.8, 4) is 28.7 Å². The van der Waals surface area contributed by atoms with Crippen molar-refractivity contribution in [1.82, 2.24) is 5.32 Å². The Balaban J connectivity index is 1.95. The summed E-state index contributed by atoms with van der Waals surface area (Å²) in [7, 11) is 6.36. The number of allylic oxidation sites excluding steroid dienone is 1. The highest BCUT2D eigenvalue weighted by atomic mass is 16.6. The standard InChI is InChI=1S/C29H39NO7/c1-29(2,3)37-28(32)30-14-8-9-18-10-12-20-22(17-25(34-5)27(36-7)26(20)35-6)21(15-18)19-11-13-24(33-4)23(31)16-19/h11,13,15-18,31H,8-10,12,14H2,1-7H3,(H,30,32). The minimum atomic E-state index is -0.528. The van der Waals surface area contributed by atoms with Gasteiger partial charge < -0.3 is 34.1 Å². The molecule has 1 aliphatic carbocycles. The van der Waals surface area contributed by atoms with Gasteiger partial charge in [0.15, 0.2) is 23.0 Å². The molecule has 0 radical (unpaired) electrons. The highest BCUT2D eigenvalue weighted by molar-refractivity contribution is 5.86. The molecule has 2 N–H and O–H groups in total. The van der Waals surface area contributed by atoms with Crippen LogP contribution in [0.2, 0.25) is 0 Å². The second-order valence-electron chi connectivity index (χ2n) is 10.0. The first-order valence-electron chi connectivity index (χ1n) is 12.5. The SMILES string of the molecule is COc1ccc(C2=CC(CCCNC(=O)OC(C)(C)C)CCc3c2cc(OC)c(OC)c3OC)cc1O. The summed E-state index contributed by atoms with van der Waals surface area (Å²) in [5.74, 6) is 2.48. The molecule has 0 spiro atoms. The van der Waals surface area contributed by atoms with Crippen molar-refractivity contribution < 1.29 is 33.6 Å². The quantitative estimate of drug-likeness (QED) is 0.414. The number of hydrogen-bond donors (Lipinski definition) is 2. The van der Waals surface area contributed by atoms with Crippen LogP contribution in [0.4, 0.5) is 4.79 Å². The van der Waals surface area contributed by atoms with Gasteiger partial charge in [0.25, 0.3) is 0 Å². The number of carbonyl (C=O) groups is 1. The third-order valence-corrected chi connectivity index (χ3v) is 6.30. The molecule has 2 aromatic rings. The zero-order valence-electron chi connectivity index (χ0n) is 22.9. The van der Waals surface area contributed by atoms with Gasteiger partial charge in [-0.2, -0.15) is 0 Å². The molecule has 8 nitrogen and oxygen atoms in total. The monoisotopic (exact) mass is 513 g/mol. The van der Waals surface area contributed by atoms with Gasteiger partial charge in [-0.1, -0.05) is 12.1 Å². The first kappa shape index (κ1) is 28.0. The minimum absolute atomic E-state index is 0.0669. The largest absolute Gasteiger partial charge is 0.504 e. The average Bonchev–Trinajstić information content (AvgIpc) is 3.03. The summed E-state index contributed by atoms with van der Waals surface area (Å²) < 4.78 is 27.7. The zero-order valence-corrected chi connectivity index (χ0v) is 22.9. The fourth-order valence-corrected chi connectivity index (χ4v) is 4.65.